The van der Waals surface area contributed by atoms with Crippen LogP contribution < -0.4 is 11.1 Å². The Balaban J connectivity index is 1.68. The lowest BCUT2D eigenvalue weighted by Gasteiger charge is -2.20. The van der Waals surface area contributed by atoms with Gasteiger partial charge in [0.05, 0.1) is 0 Å². The predicted molar refractivity (Wildman–Crippen MR) is 113 cm³/mol. The SMILES string of the molecule is NCCCCC(Cc1ccc2ccccc2c1)NCc1ccccc1Cl. The molecule has 0 aromatic heterocycles. The van der Waals surface area contributed by atoms with Crippen LogP contribution in [0.1, 0.15) is 30.4 Å². The van der Waals surface area contributed by atoms with Gasteiger partial charge in [0.1, 0.15) is 0 Å². The third-order valence-electron chi connectivity index (χ3n) is 4.84. The van der Waals surface area contributed by atoms with E-state index >= 15 is 0 Å². The quantitative estimate of drug-likeness (QED) is 0.503. The van der Waals surface area contributed by atoms with E-state index in [-0.39, 0.29) is 0 Å². The summed E-state index contributed by atoms with van der Waals surface area (Å²) in [7, 11) is 0. The second kappa shape index (κ2) is 9.72. The molecule has 0 bridgehead atoms. The van der Waals surface area contributed by atoms with E-state index in [1.54, 1.807) is 0 Å². The fraction of sp³-hybridized carbons (Fsp3) is 0.304. The first-order valence-electron chi connectivity index (χ1n) is 9.41. The second-order valence-electron chi connectivity index (χ2n) is 6.84. The fourth-order valence-corrected chi connectivity index (χ4v) is 3.56. The average molecular weight is 367 g/mol. The van der Waals surface area contributed by atoms with Crippen LogP contribution in [-0.2, 0) is 13.0 Å². The standard InChI is InChI=1S/C23H27ClN2/c24-23-11-4-3-9-21(23)17-26-22(10-5-6-14-25)16-18-12-13-19-7-1-2-8-20(19)15-18/h1-4,7-9,11-13,15,22,26H,5-6,10,14,16-17,25H2. The van der Waals surface area contributed by atoms with E-state index in [2.05, 4.69) is 53.8 Å². The monoisotopic (exact) mass is 366 g/mol. The van der Waals surface area contributed by atoms with Gasteiger partial charge in [0, 0.05) is 17.6 Å². The topological polar surface area (TPSA) is 38.0 Å². The number of unbranched alkanes of at least 4 members (excludes halogenated alkanes) is 1. The van der Waals surface area contributed by atoms with E-state index in [9.17, 15) is 0 Å². The van der Waals surface area contributed by atoms with Gasteiger partial charge in [-0.3, -0.25) is 0 Å². The second-order valence-corrected chi connectivity index (χ2v) is 7.25. The lowest BCUT2D eigenvalue weighted by molar-refractivity contribution is 0.458. The summed E-state index contributed by atoms with van der Waals surface area (Å²) >= 11 is 6.30. The van der Waals surface area contributed by atoms with Crippen molar-refractivity contribution in [2.45, 2.75) is 38.3 Å². The third kappa shape index (κ3) is 5.31. The van der Waals surface area contributed by atoms with Crippen LogP contribution in [-0.4, -0.2) is 12.6 Å². The first-order chi connectivity index (χ1) is 12.8. The average Bonchev–Trinajstić information content (AvgIpc) is 2.67. The summed E-state index contributed by atoms with van der Waals surface area (Å²) in [5.74, 6) is 0. The van der Waals surface area contributed by atoms with Crippen LogP contribution in [0.3, 0.4) is 0 Å². The molecular formula is C23H27ClN2. The number of rotatable bonds is 9. The highest BCUT2D eigenvalue weighted by molar-refractivity contribution is 6.31. The van der Waals surface area contributed by atoms with Crippen molar-refractivity contribution in [3.63, 3.8) is 0 Å². The maximum absolute atomic E-state index is 6.30. The summed E-state index contributed by atoms with van der Waals surface area (Å²) in [4.78, 5) is 0. The van der Waals surface area contributed by atoms with Crippen LogP contribution >= 0.6 is 11.6 Å². The van der Waals surface area contributed by atoms with E-state index in [1.807, 2.05) is 18.2 Å². The van der Waals surface area contributed by atoms with Gasteiger partial charge in [0.15, 0.2) is 0 Å². The predicted octanol–water partition coefficient (Wildman–Crippen LogP) is 5.32. The van der Waals surface area contributed by atoms with Crippen molar-refractivity contribution in [1.82, 2.24) is 5.32 Å². The molecule has 3 rings (SSSR count). The molecule has 2 nitrogen and oxygen atoms in total. The van der Waals surface area contributed by atoms with Gasteiger partial charge in [-0.25, -0.2) is 0 Å². The fourth-order valence-electron chi connectivity index (χ4n) is 3.36. The number of nitrogens with one attached hydrogen (secondary N) is 1. The summed E-state index contributed by atoms with van der Waals surface area (Å²) in [5.41, 5.74) is 8.19. The zero-order chi connectivity index (χ0) is 18.2. The largest absolute Gasteiger partial charge is 0.330 e. The first kappa shape index (κ1) is 18.9. The molecule has 3 heteroatoms. The summed E-state index contributed by atoms with van der Waals surface area (Å²) in [6, 6.07) is 23.8. The van der Waals surface area contributed by atoms with Crippen molar-refractivity contribution in [3.8, 4) is 0 Å². The summed E-state index contributed by atoms with van der Waals surface area (Å²) in [6.45, 7) is 1.55. The maximum atomic E-state index is 6.30. The van der Waals surface area contributed by atoms with Gasteiger partial charge in [0.2, 0.25) is 0 Å². The molecule has 0 fully saturated rings. The zero-order valence-electron chi connectivity index (χ0n) is 15.1. The van der Waals surface area contributed by atoms with Gasteiger partial charge in [-0.15, -0.1) is 0 Å². The molecule has 0 amide bonds. The van der Waals surface area contributed by atoms with Gasteiger partial charge in [-0.05, 0) is 53.8 Å². The molecule has 1 unspecified atom stereocenters. The van der Waals surface area contributed by atoms with Crippen molar-refractivity contribution >= 4 is 22.4 Å². The van der Waals surface area contributed by atoms with Crippen LogP contribution in [0.4, 0.5) is 0 Å². The molecule has 0 aliphatic rings. The molecule has 3 N–H and O–H groups in total. The van der Waals surface area contributed by atoms with Gasteiger partial charge >= 0.3 is 0 Å². The van der Waals surface area contributed by atoms with Gasteiger partial charge in [-0.2, -0.15) is 0 Å². The Labute approximate surface area is 161 Å². The molecule has 0 spiro atoms. The first-order valence-corrected chi connectivity index (χ1v) is 9.78. The molecule has 26 heavy (non-hydrogen) atoms. The Morgan fingerprint density at radius 1 is 0.885 bits per heavy atom. The van der Waals surface area contributed by atoms with Crippen molar-refractivity contribution in [2.75, 3.05) is 6.54 Å². The van der Waals surface area contributed by atoms with Crippen LogP contribution in [0.2, 0.25) is 5.02 Å². The van der Waals surface area contributed by atoms with Crippen molar-refractivity contribution in [1.29, 1.82) is 0 Å². The highest BCUT2D eigenvalue weighted by Crippen LogP contribution is 2.19. The number of fused-ring (bicyclic) bond motifs is 1. The van der Waals surface area contributed by atoms with Crippen LogP contribution in [0.15, 0.2) is 66.7 Å². The van der Waals surface area contributed by atoms with Crippen LogP contribution in [0.5, 0.6) is 0 Å². The van der Waals surface area contributed by atoms with E-state index in [4.69, 9.17) is 17.3 Å². The van der Waals surface area contributed by atoms with Gasteiger partial charge in [0.25, 0.3) is 0 Å². The summed E-state index contributed by atoms with van der Waals surface area (Å²) in [6.07, 6.45) is 4.35. The highest BCUT2D eigenvalue weighted by atomic mass is 35.5. The molecule has 0 heterocycles. The normalized spacial score (nSPS) is 12.4. The molecule has 3 aromatic rings. The van der Waals surface area contributed by atoms with Crippen molar-refractivity contribution in [2.24, 2.45) is 5.73 Å². The molecule has 1 atom stereocenters. The number of halogens is 1. The summed E-state index contributed by atoms with van der Waals surface area (Å²) < 4.78 is 0. The lowest BCUT2D eigenvalue weighted by Crippen LogP contribution is -2.31. The number of nitrogens with two attached hydrogens (primary N) is 1. The Morgan fingerprint density at radius 3 is 2.46 bits per heavy atom. The lowest BCUT2D eigenvalue weighted by atomic mass is 9.98. The molecule has 0 radical (unpaired) electrons. The summed E-state index contributed by atoms with van der Waals surface area (Å²) in [5, 5.41) is 7.13. The highest BCUT2D eigenvalue weighted by Gasteiger charge is 2.11. The number of hydrogen-bond donors (Lipinski definition) is 2. The Bertz CT molecular complexity index is 831. The molecule has 0 aliphatic heterocycles. The van der Waals surface area contributed by atoms with E-state index in [0.29, 0.717) is 6.04 Å². The van der Waals surface area contributed by atoms with Crippen molar-refractivity contribution in [3.05, 3.63) is 82.9 Å². The van der Waals surface area contributed by atoms with Gasteiger partial charge in [-0.1, -0.05) is 78.7 Å². The minimum absolute atomic E-state index is 0.416. The van der Waals surface area contributed by atoms with E-state index < -0.39 is 0 Å². The molecule has 136 valence electrons. The zero-order valence-corrected chi connectivity index (χ0v) is 15.9. The van der Waals surface area contributed by atoms with Gasteiger partial charge < -0.3 is 11.1 Å². The minimum atomic E-state index is 0.416. The molecular weight excluding hydrogens is 340 g/mol. The number of benzene rings is 3. The van der Waals surface area contributed by atoms with Crippen LogP contribution in [0.25, 0.3) is 10.8 Å². The smallest absolute Gasteiger partial charge is 0.0450 e. The Morgan fingerprint density at radius 2 is 1.65 bits per heavy atom. The minimum Gasteiger partial charge on any atom is -0.330 e. The molecule has 0 saturated heterocycles. The Kier molecular flexibility index (Phi) is 7.07. The maximum Gasteiger partial charge on any atom is 0.0450 e. The van der Waals surface area contributed by atoms with Crippen molar-refractivity contribution < 1.29 is 0 Å². The third-order valence-corrected chi connectivity index (χ3v) is 5.21. The molecule has 0 saturated carbocycles. The molecule has 0 aliphatic carbocycles. The number of hydrogen-bond acceptors (Lipinski definition) is 2. The van der Waals surface area contributed by atoms with E-state index in [0.717, 1.165) is 49.4 Å². The Hall–Kier alpha value is -1.87. The van der Waals surface area contributed by atoms with Crippen LogP contribution in [0, 0.1) is 0 Å². The molecule has 3 aromatic carbocycles. The van der Waals surface area contributed by atoms with E-state index in [1.165, 1.54) is 16.3 Å².